The molecule has 2 rings (SSSR count). The normalized spacial score (nSPS) is 14.2. The SMILES string of the molecule is CC=C(C)C=CC(F)=C(C)c1ccc2c(ccn2C(C)C)c1. The fourth-order valence-corrected chi connectivity index (χ4v) is 2.41. The van der Waals surface area contributed by atoms with Crippen LogP contribution < -0.4 is 0 Å². The maximum atomic E-state index is 14.3. The summed E-state index contributed by atoms with van der Waals surface area (Å²) in [5.74, 6) is -0.191. The van der Waals surface area contributed by atoms with Gasteiger partial charge in [-0.1, -0.05) is 23.8 Å². The highest BCUT2D eigenvalue weighted by Crippen LogP contribution is 2.26. The number of hydrogen-bond acceptors (Lipinski definition) is 0. The molecule has 0 saturated carbocycles. The molecule has 0 atom stereocenters. The molecule has 1 heterocycles. The lowest BCUT2D eigenvalue weighted by Gasteiger charge is -2.10. The standard InChI is InChI=1S/C20H24FN/c1-6-15(4)7-9-19(21)16(5)17-8-10-20-18(13-17)11-12-22(20)14(2)3/h6-14H,1-5H3. The number of fused-ring (bicyclic) bond motifs is 1. The zero-order chi connectivity index (χ0) is 16.3. The lowest BCUT2D eigenvalue weighted by atomic mass is 10.0. The summed E-state index contributed by atoms with van der Waals surface area (Å²) in [6, 6.07) is 8.63. The van der Waals surface area contributed by atoms with E-state index in [4.69, 9.17) is 0 Å². The van der Waals surface area contributed by atoms with Crippen molar-refractivity contribution in [2.24, 2.45) is 0 Å². The maximum absolute atomic E-state index is 14.3. The highest BCUT2D eigenvalue weighted by molar-refractivity contribution is 5.85. The van der Waals surface area contributed by atoms with Crippen LogP contribution in [0.2, 0.25) is 0 Å². The molecule has 0 aliphatic rings. The monoisotopic (exact) mass is 297 g/mol. The minimum Gasteiger partial charge on any atom is -0.345 e. The molecule has 0 radical (unpaired) electrons. The van der Waals surface area contributed by atoms with E-state index in [0.29, 0.717) is 11.6 Å². The summed E-state index contributed by atoms with van der Waals surface area (Å²) in [4.78, 5) is 0. The third kappa shape index (κ3) is 3.38. The molecular weight excluding hydrogens is 273 g/mol. The molecule has 1 nitrogen and oxygen atoms in total. The third-order valence-electron chi connectivity index (χ3n) is 4.02. The van der Waals surface area contributed by atoms with E-state index in [2.05, 4.69) is 42.8 Å². The molecule has 0 amide bonds. The Bertz CT molecular complexity index is 757. The van der Waals surface area contributed by atoms with Crippen LogP contribution in [0.15, 0.2) is 60.1 Å². The van der Waals surface area contributed by atoms with E-state index >= 15 is 0 Å². The van der Waals surface area contributed by atoms with Crippen molar-refractivity contribution in [3.05, 3.63) is 65.7 Å². The summed E-state index contributed by atoms with van der Waals surface area (Å²) >= 11 is 0. The van der Waals surface area contributed by atoms with Gasteiger partial charge in [0, 0.05) is 23.1 Å². The van der Waals surface area contributed by atoms with Gasteiger partial charge in [-0.05, 0) is 70.0 Å². The molecule has 1 aromatic heterocycles. The van der Waals surface area contributed by atoms with Gasteiger partial charge in [0.05, 0.1) is 0 Å². The first-order valence-electron chi connectivity index (χ1n) is 7.72. The van der Waals surface area contributed by atoms with Crippen molar-refractivity contribution < 1.29 is 4.39 Å². The topological polar surface area (TPSA) is 4.93 Å². The second kappa shape index (κ2) is 6.78. The Balaban J connectivity index is 2.40. The Kier molecular flexibility index (Phi) is 5.02. The molecule has 116 valence electrons. The van der Waals surface area contributed by atoms with E-state index in [1.807, 2.05) is 32.9 Å². The molecule has 0 N–H and O–H groups in total. The molecule has 1 aromatic carbocycles. The summed E-state index contributed by atoms with van der Waals surface area (Å²) in [6.45, 7) is 10.0. The van der Waals surface area contributed by atoms with E-state index in [-0.39, 0.29) is 5.83 Å². The second-order valence-corrected chi connectivity index (χ2v) is 5.93. The van der Waals surface area contributed by atoms with Gasteiger partial charge >= 0.3 is 0 Å². The van der Waals surface area contributed by atoms with Crippen LogP contribution in [0, 0.1) is 0 Å². The zero-order valence-corrected chi connectivity index (χ0v) is 14.0. The van der Waals surface area contributed by atoms with Crippen molar-refractivity contribution in [1.82, 2.24) is 4.57 Å². The summed E-state index contributed by atoms with van der Waals surface area (Å²) < 4.78 is 16.5. The fourth-order valence-electron chi connectivity index (χ4n) is 2.41. The Morgan fingerprint density at radius 1 is 1.14 bits per heavy atom. The molecule has 0 fully saturated rings. The first-order valence-corrected chi connectivity index (χ1v) is 7.72. The largest absolute Gasteiger partial charge is 0.345 e. The van der Waals surface area contributed by atoms with Crippen molar-refractivity contribution in [3.63, 3.8) is 0 Å². The number of aromatic nitrogens is 1. The molecule has 0 aliphatic heterocycles. The molecule has 2 heteroatoms. The summed E-state index contributed by atoms with van der Waals surface area (Å²) in [6.07, 6.45) is 7.38. The van der Waals surface area contributed by atoms with Crippen LogP contribution in [0.25, 0.3) is 16.5 Å². The fraction of sp³-hybridized carbons (Fsp3) is 0.300. The van der Waals surface area contributed by atoms with Gasteiger partial charge in [-0.25, -0.2) is 4.39 Å². The Morgan fingerprint density at radius 3 is 2.50 bits per heavy atom. The van der Waals surface area contributed by atoms with Gasteiger partial charge in [-0.15, -0.1) is 0 Å². The highest BCUT2D eigenvalue weighted by Gasteiger charge is 2.07. The molecule has 0 spiro atoms. The first-order chi connectivity index (χ1) is 10.4. The maximum Gasteiger partial charge on any atom is 0.126 e. The van der Waals surface area contributed by atoms with Crippen LogP contribution in [-0.2, 0) is 0 Å². The summed E-state index contributed by atoms with van der Waals surface area (Å²) in [5, 5.41) is 1.15. The number of allylic oxidation sites excluding steroid dienone is 6. The Morgan fingerprint density at radius 2 is 1.86 bits per heavy atom. The molecule has 22 heavy (non-hydrogen) atoms. The smallest absolute Gasteiger partial charge is 0.126 e. The number of benzene rings is 1. The molecular formula is C20H24FN. The van der Waals surface area contributed by atoms with Crippen LogP contribution >= 0.6 is 0 Å². The second-order valence-electron chi connectivity index (χ2n) is 5.93. The number of rotatable bonds is 4. The number of nitrogens with zero attached hydrogens (tertiary/aromatic N) is 1. The minimum absolute atomic E-state index is 0.191. The van der Waals surface area contributed by atoms with Crippen LogP contribution in [0.5, 0.6) is 0 Å². The van der Waals surface area contributed by atoms with Crippen molar-refractivity contribution in [3.8, 4) is 0 Å². The van der Waals surface area contributed by atoms with Gasteiger partial charge in [-0.2, -0.15) is 0 Å². The van der Waals surface area contributed by atoms with E-state index in [1.165, 1.54) is 11.6 Å². The zero-order valence-electron chi connectivity index (χ0n) is 14.0. The van der Waals surface area contributed by atoms with Crippen molar-refractivity contribution in [2.75, 3.05) is 0 Å². The minimum atomic E-state index is -0.191. The predicted molar refractivity (Wildman–Crippen MR) is 94.6 cm³/mol. The lowest BCUT2D eigenvalue weighted by Crippen LogP contribution is -1.97. The average molecular weight is 297 g/mol. The molecule has 0 saturated heterocycles. The van der Waals surface area contributed by atoms with Gasteiger partial charge in [0.15, 0.2) is 0 Å². The van der Waals surface area contributed by atoms with Gasteiger partial charge in [0.2, 0.25) is 0 Å². The van der Waals surface area contributed by atoms with E-state index in [9.17, 15) is 4.39 Å². The molecule has 0 bridgehead atoms. The van der Waals surface area contributed by atoms with Crippen molar-refractivity contribution in [1.29, 1.82) is 0 Å². The third-order valence-corrected chi connectivity index (χ3v) is 4.02. The lowest BCUT2D eigenvalue weighted by molar-refractivity contribution is 0.623. The Labute approximate surface area is 132 Å². The average Bonchev–Trinajstić information content (AvgIpc) is 2.94. The van der Waals surface area contributed by atoms with Crippen molar-refractivity contribution in [2.45, 2.75) is 40.7 Å². The van der Waals surface area contributed by atoms with Crippen LogP contribution in [0.4, 0.5) is 4.39 Å². The Hall–Kier alpha value is -2.09. The van der Waals surface area contributed by atoms with E-state index in [0.717, 1.165) is 16.5 Å². The van der Waals surface area contributed by atoms with E-state index < -0.39 is 0 Å². The van der Waals surface area contributed by atoms with Crippen molar-refractivity contribution >= 4 is 16.5 Å². The van der Waals surface area contributed by atoms with Gasteiger partial charge < -0.3 is 4.57 Å². The summed E-state index contributed by atoms with van der Waals surface area (Å²) in [5.41, 5.74) is 3.83. The van der Waals surface area contributed by atoms with Gasteiger partial charge in [0.25, 0.3) is 0 Å². The van der Waals surface area contributed by atoms with Crippen LogP contribution in [-0.4, -0.2) is 4.57 Å². The quantitative estimate of drug-likeness (QED) is 0.572. The highest BCUT2D eigenvalue weighted by atomic mass is 19.1. The molecule has 0 unspecified atom stereocenters. The van der Waals surface area contributed by atoms with Gasteiger partial charge in [0.1, 0.15) is 5.83 Å². The molecule has 0 aliphatic carbocycles. The predicted octanol–water partition coefficient (Wildman–Crippen LogP) is 6.45. The summed E-state index contributed by atoms with van der Waals surface area (Å²) in [7, 11) is 0. The first kappa shape index (κ1) is 16.3. The number of hydrogen-bond donors (Lipinski definition) is 0. The van der Waals surface area contributed by atoms with Gasteiger partial charge in [-0.3, -0.25) is 0 Å². The number of halogens is 1. The van der Waals surface area contributed by atoms with Crippen LogP contribution in [0.3, 0.4) is 0 Å². The molecule has 2 aromatic rings. The van der Waals surface area contributed by atoms with E-state index in [1.54, 1.807) is 6.08 Å². The van der Waals surface area contributed by atoms with Crippen LogP contribution in [0.1, 0.15) is 46.2 Å².